The van der Waals surface area contributed by atoms with E-state index in [4.69, 9.17) is 4.74 Å². The molecule has 2 unspecified atom stereocenters. The number of rotatable bonds is 0. The minimum Gasteiger partial charge on any atom is -0.658 e. The van der Waals surface area contributed by atoms with Crippen LogP contribution in [-0.4, -0.2) is 25.3 Å². The average molecular weight is 153 g/mol. The van der Waals surface area contributed by atoms with Crippen LogP contribution in [0.2, 0.25) is 0 Å². The Hall–Kier alpha value is 1.56. The summed E-state index contributed by atoms with van der Waals surface area (Å²) < 4.78 is 5.39. The van der Waals surface area contributed by atoms with Gasteiger partial charge >= 0.3 is 51.4 Å². The summed E-state index contributed by atoms with van der Waals surface area (Å²) in [6.45, 7) is 5.87. The predicted molar refractivity (Wildman–Crippen MR) is 33.1 cm³/mol. The zero-order chi connectivity index (χ0) is 5.98. The second kappa shape index (κ2) is 5.24. The fraction of sp³-hybridized carbons (Fsp3) is 1.00. The van der Waals surface area contributed by atoms with Crippen LogP contribution in [0.4, 0.5) is 0 Å². The largest absolute Gasteiger partial charge is 1.00 e. The number of hydrogen-bond donors (Lipinski definition) is 0. The van der Waals surface area contributed by atoms with E-state index in [1.54, 1.807) is 0 Å². The summed E-state index contributed by atoms with van der Waals surface area (Å²) in [4.78, 5) is 0. The molecule has 0 spiro atoms. The van der Waals surface area contributed by atoms with Crippen LogP contribution in [0, 0.1) is 0 Å². The van der Waals surface area contributed by atoms with Crippen molar-refractivity contribution in [2.75, 3.05) is 13.1 Å². The minimum atomic E-state index is 0. The van der Waals surface area contributed by atoms with Crippen LogP contribution in [0.3, 0.4) is 0 Å². The van der Waals surface area contributed by atoms with Crippen molar-refractivity contribution in [3.05, 3.63) is 5.32 Å². The standard InChI is InChI=1S/C6H12NO.K/c1-5-3-7-4-6(2)8-5;/h5-6H,3-4H2,1-2H3;/q-1;+1. The molecule has 0 saturated carbocycles. The Morgan fingerprint density at radius 1 is 1.22 bits per heavy atom. The van der Waals surface area contributed by atoms with Crippen molar-refractivity contribution < 1.29 is 56.1 Å². The van der Waals surface area contributed by atoms with E-state index in [1.165, 1.54) is 0 Å². The molecule has 1 aliphatic heterocycles. The number of ether oxygens (including phenoxy) is 1. The van der Waals surface area contributed by atoms with Gasteiger partial charge in [0, 0.05) is 12.2 Å². The van der Waals surface area contributed by atoms with Crippen molar-refractivity contribution in [3.8, 4) is 0 Å². The first-order valence-corrected chi connectivity index (χ1v) is 3.08. The first kappa shape index (κ1) is 10.6. The van der Waals surface area contributed by atoms with E-state index in [0.29, 0.717) is 12.2 Å². The third kappa shape index (κ3) is 4.09. The van der Waals surface area contributed by atoms with Crippen LogP contribution in [0.15, 0.2) is 0 Å². The average Bonchev–Trinajstić information content (AvgIpc) is 1.64. The van der Waals surface area contributed by atoms with Crippen LogP contribution in [-0.2, 0) is 4.74 Å². The molecule has 48 valence electrons. The molecule has 0 aliphatic carbocycles. The molecule has 1 rings (SSSR count). The van der Waals surface area contributed by atoms with Gasteiger partial charge in [0.2, 0.25) is 0 Å². The Morgan fingerprint density at radius 2 is 1.67 bits per heavy atom. The molecule has 2 nitrogen and oxygen atoms in total. The van der Waals surface area contributed by atoms with E-state index in [1.807, 2.05) is 0 Å². The van der Waals surface area contributed by atoms with Gasteiger partial charge in [0.05, 0.1) is 0 Å². The topological polar surface area (TPSA) is 23.3 Å². The van der Waals surface area contributed by atoms with Crippen molar-refractivity contribution in [2.45, 2.75) is 26.1 Å². The number of morpholine rings is 1. The second-order valence-electron chi connectivity index (χ2n) is 2.35. The molecule has 0 N–H and O–H groups in total. The summed E-state index contributed by atoms with van der Waals surface area (Å²) in [7, 11) is 0. The summed E-state index contributed by atoms with van der Waals surface area (Å²) in [5, 5.41) is 4.21. The normalized spacial score (nSPS) is 35.3. The van der Waals surface area contributed by atoms with Gasteiger partial charge in [-0.25, -0.2) is 0 Å². The first-order chi connectivity index (χ1) is 3.79. The van der Waals surface area contributed by atoms with E-state index < -0.39 is 0 Å². The van der Waals surface area contributed by atoms with Crippen LogP contribution < -0.4 is 51.4 Å². The third-order valence-corrected chi connectivity index (χ3v) is 1.24. The Balaban J connectivity index is 0.000000640. The van der Waals surface area contributed by atoms with Gasteiger partial charge in [-0.2, -0.15) is 0 Å². The molecule has 1 heterocycles. The molecule has 1 aliphatic rings. The fourth-order valence-electron chi connectivity index (χ4n) is 0.921. The summed E-state index contributed by atoms with van der Waals surface area (Å²) >= 11 is 0. The Kier molecular flexibility index (Phi) is 6.14. The van der Waals surface area contributed by atoms with Crippen molar-refractivity contribution in [3.63, 3.8) is 0 Å². The first-order valence-electron chi connectivity index (χ1n) is 3.08. The van der Waals surface area contributed by atoms with Crippen LogP contribution in [0.1, 0.15) is 13.8 Å². The molecule has 0 bridgehead atoms. The molecule has 0 aromatic heterocycles. The van der Waals surface area contributed by atoms with Crippen molar-refractivity contribution in [1.29, 1.82) is 0 Å². The van der Waals surface area contributed by atoms with Crippen molar-refractivity contribution >= 4 is 0 Å². The van der Waals surface area contributed by atoms with Gasteiger partial charge in [-0.05, 0) is 13.8 Å². The Labute approximate surface area is 99.1 Å². The molecule has 0 aromatic rings. The summed E-state index contributed by atoms with van der Waals surface area (Å²) in [5.41, 5.74) is 0. The van der Waals surface area contributed by atoms with Gasteiger partial charge in [-0.1, -0.05) is 0 Å². The quantitative estimate of drug-likeness (QED) is 0.376. The third-order valence-electron chi connectivity index (χ3n) is 1.24. The van der Waals surface area contributed by atoms with E-state index in [2.05, 4.69) is 19.2 Å². The number of hydrogen-bond acceptors (Lipinski definition) is 1. The predicted octanol–water partition coefficient (Wildman–Crippen LogP) is -1.83. The smallest absolute Gasteiger partial charge is 0.658 e. The van der Waals surface area contributed by atoms with E-state index in [9.17, 15) is 0 Å². The minimum absolute atomic E-state index is 0. The second-order valence-corrected chi connectivity index (χ2v) is 2.35. The molecule has 1 saturated heterocycles. The molecule has 1 fully saturated rings. The maximum Gasteiger partial charge on any atom is 1.00 e. The van der Waals surface area contributed by atoms with Crippen LogP contribution in [0.5, 0.6) is 0 Å². The molecule has 3 heteroatoms. The van der Waals surface area contributed by atoms with E-state index >= 15 is 0 Å². The maximum atomic E-state index is 5.39. The van der Waals surface area contributed by atoms with Crippen molar-refractivity contribution in [1.82, 2.24) is 0 Å². The molecule has 0 amide bonds. The Morgan fingerprint density at radius 3 is 1.89 bits per heavy atom. The molecule has 0 aromatic carbocycles. The van der Waals surface area contributed by atoms with Gasteiger partial charge in [0.25, 0.3) is 0 Å². The maximum absolute atomic E-state index is 5.39. The molecule has 0 radical (unpaired) electrons. The number of nitrogens with zero attached hydrogens (tertiary/aromatic N) is 1. The van der Waals surface area contributed by atoms with Gasteiger partial charge in [0.15, 0.2) is 0 Å². The van der Waals surface area contributed by atoms with Crippen LogP contribution >= 0.6 is 0 Å². The van der Waals surface area contributed by atoms with Crippen molar-refractivity contribution in [2.24, 2.45) is 0 Å². The fourth-order valence-corrected chi connectivity index (χ4v) is 0.921. The molecular formula is C6H12KNO. The summed E-state index contributed by atoms with van der Waals surface area (Å²) in [5.74, 6) is 0. The van der Waals surface area contributed by atoms with Gasteiger partial charge in [0.1, 0.15) is 0 Å². The summed E-state index contributed by atoms with van der Waals surface area (Å²) in [6, 6.07) is 0. The molecular weight excluding hydrogens is 141 g/mol. The molecule has 9 heavy (non-hydrogen) atoms. The Bertz CT molecular complexity index is 71.5. The zero-order valence-corrected chi connectivity index (χ0v) is 9.55. The van der Waals surface area contributed by atoms with Crippen LogP contribution in [0.25, 0.3) is 5.32 Å². The zero-order valence-electron chi connectivity index (χ0n) is 6.42. The molecule has 2 atom stereocenters. The summed E-state index contributed by atoms with van der Waals surface area (Å²) in [6.07, 6.45) is 0.692. The monoisotopic (exact) mass is 153 g/mol. The van der Waals surface area contributed by atoms with E-state index in [-0.39, 0.29) is 51.4 Å². The van der Waals surface area contributed by atoms with Gasteiger partial charge < -0.3 is 10.1 Å². The van der Waals surface area contributed by atoms with E-state index in [0.717, 1.165) is 13.1 Å². The van der Waals surface area contributed by atoms with Gasteiger partial charge in [-0.3, -0.25) is 0 Å². The van der Waals surface area contributed by atoms with Gasteiger partial charge in [-0.15, -0.1) is 13.1 Å². The SMILES string of the molecule is CC1C[N-]CC(C)O1.[K+].